The Labute approximate surface area is 119 Å². The van der Waals surface area contributed by atoms with Gasteiger partial charge in [-0.05, 0) is 30.4 Å². The molecule has 0 aliphatic carbocycles. The molecular weight excluding hydrogens is 292 g/mol. The fourth-order valence-electron chi connectivity index (χ4n) is 2.08. The first kappa shape index (κ1) is 17.4. The lowest BCUT2D eigenvalue weighted by Crippen LogP contribution is -2.47. The van der Waals surface area contributed by atoms with Crippen molar-refractivity contribution >= 4 is 6.29 Å². The van der Waals surface area contributed by atoms with Gasteiger partial charge in [-0.15, -0.1) is 0 Å². The number of benzene rings is 1. The first-order valence-electron chi connectivity index (χ1n) is 6.28. The predicted molar refractivity (Wildman–Crippen MR) is 67.7 cm³/mol. The van der Waals surface area contributed by atoms with Crippen LogP contribution in [0.15, 0.2) is 18.2 Å². The highest BCUT2D eigenvalue weighted by molar-refractivity contribution is 5.64. The zero-order valence-electron chi connectivity index (χ0n) is 11.6. The maximum Gasteiger partial charge on any atom is 0.424 e. The second-order valence-corrected chi connectivity index (χ2v) is 4.71. The number of halogens is 4. The Morgan fingerprint density at radius 1 is 1.38 bits per heavy atom. The minimum Gasteiger partial charge on any atom is -0.494 e. The number of alkyl halides is 3. The van der Waals surface area contributed by atoms with Gasteiger partial charge in [-0.25, -0.2) is 4.39 Å². The van der Waals surface area contributed by atoms with Crippen LogP contribution >= 0.6 is 0 Å². The lowest BCUT2D eigenvalue weighted by molar-refractivity contribution is -0.247. The molecule has 1 rings (SSSR count). The van der Waals surface area contributed by atoms with Crippen molar-refractivity contribution in [2.75, 3.05) is 7.11 Å². The fraction of sp³-hybridized carbons (Fsp3) is 0.500. The van der Waals surface area contributed by atoms with Gasteiger partial charge in [0.2, 0.25) is 5.60 Å². The van der Waals surface area contributed by atoms with Crippen LogP contribution in [0, 0.1) is 5.82 Å². The first-order valence-corrected chi connectivity index (χ1v) is 6.28. The maximum absolute atomic E-state index is 14.1. The molecule has 2 atom stereocenters. The molecule has 7 heteroatoms. The molecule has 3 nitrogen and oxygen atoms in total. The van der Waals surface area contributed by atoms with E-state index in [1.54, 1.807) is 6.92 Å². The highest BCUT2D eigenvalue weighted by Crippen LogP contribution is 2.39. The molecule has 0 aromatic heterocycles. The summed E-state index contributed by atoms with van der Waals surface area (Å²) in [6.45, 7) is 1.55. The number of carbonyl (C=O) groups is 1. The summed E-state index contributed by atoms with van der Waals surface area (Å²) in [4.78, 5) is 10.7. The lowest BCUT2D eigenvalue weighted by Gasteiger charge is -2.29. The van der Waals surface area contributed by atoms with Crippen LogP contribution in [0.25, 0.3) is 0 Å². The Kier molecular flexibility index (Phi) is 5.33. The molecule has 1 aromatic carbocycles. The van der Waals surface area contributed by atoms with Crippen LogP contribution in [0.1, 0.15) is 31.2 Å². The number of carbonyl (C=O) groups excluding carboxylic acids is 1. The van der Waals surface area contributed by atoms with Crippen molar-refractivity contribution < 1.29 is 32.2 Å². The van der Waals surface area contributed by atoms with E-state index in [1.165, 1.54) is 25.3 Å². The van der Waals surface area contributed by atoms with Gasteiger partial charge in [0.05, 0.1) is 7.11 Å². The van der Waals surface area contributed by atoms with Gasteiger partial charge in [-0.3, -0.25) is 4.79 Å². The molecule has 1 N–H and O–H groups in total. The molecule has 118 valence electrons. The minimum absolute atomic E-state index is 0.0265. The van der Waals surface area contributed by atoms with Crippen LogP contribution in [-0.4, -0.2) is 30.3 Å². The molecule has 0 aliphatic rings. The number of rotatable bonds is 6. The van der Waals surface area contributed by atoms with Gasteiger partial charge in [0.25, 0.3) is 0 Å². The first-order chi connectivity index (χ1) is 9.70. The molecule has 0 amide bonds. The number of hydrogen-bond acceptors (Lipinski definition) is 3. The molecule has 0 heterocycles. The van der Waals surface area contributed by atoms with Gasteiger partial charge in [-0.2, -0.15) is 13.2 Å². The molecular formula is C14H16F4O3. The third kappa shape index (κ3) is 3.53. The lowest BCUT2D eigenvalue weighted by atomic mass is 9.84. The third-order valence-electron chi connectivity index (χ3n) is 3.39. The van der Waals surface area contributed by atoms with Crippen molar-refractivity contribution in [2.45, 2.75) is 37.5 Å². The summed E-state index contributed by atoms with van der Waals surface area (Å²) >= 11 is 0. The highest BCUT2D eigenvalue weighted by atomic mass is 19.4. The monoisotopic (exact) mass is 308 g/mol. The van der Waals surface area contributed by atoms with E-state index in [4.69, 9.17) is 4.74 Å². The van der Waals surface area contributed by atoms with Crippen LogP contribution in [0.4, 0.5) is 17.6 Å². The van der Waals surface area contributed by atoms with Crippen molar-refractivity contribution in [1.29, 1.82) is 0 Å². The predicted octanol–water partition coefficient (Wildman–Crippen LogP) is 3.21. The van der Waals surface area contributed by atoms with E-state index in [-0.39, 0.29) is 17.7 Å². The summed E-state index contributed by atoms with van der Waals surface area (Å²) < 4.78 is 57.2. The smallest absolute Gasteiger partial charge is 0.424 e. The van der Waals surface area contributed by atoms with Crippen molar-refractivity contribution in [2.24, 2.45) is 0 Å². The molecule has 2 unspecified atom stereocenters. The molecule has 0 bridgehead atoms. The van der Waals surface area contributed by atoms with Crippen LogP contribution < -0.4 is 4.74 Å². The van der Waals surface area contributed by atoms with Crippen LogP contribution in [0.5, 0.6) is 5.75 Å². The Morgan fingerprint density at radius 2 is 2.00 bits per heavy atom. The number of ether oxygens (including phenoxy) is 1. The zero-order valence-corrected chi connectivity index (χ0v) is 11.6. The second-order valence-electron chi connectivity index (χ2n) is 4.71. The van der Waals surface area contributed by atoms with E-state index >= 15 is 0 Å². The molecule has 0 saturated carbocycles. The highest BCUT2D eigenvalue weighted by Gasteiger charge is 2.54. The van der Waals surface area contributed by atoms with E-state index in [2.05, 4.69) is 0 Å². The molecule has 0 fully saturated rings. The van der Waals surface area contributed by atoms with E-state index in [1.807, 2.05) is 0 Å². The van der Waals surface area contributed by atoms with Gasteiger partial charge in [-0.1, -0.05) is 19.1 Å². The number of methoxy groups -OCH3 is 1. The summed E-state index contributed by atoms with van der Waals surface area (Å²) in [6, 6.07) is 4.09. The second kappa shape index (κ2) is 6.43. The Morgan fingerprint density at radius 3 is 2.43 bits per heavy atom. The van der Waals surface area contributed by atoms with Crippen molar-refractivity contribution in [3.63, 3.8) is 0 Å². The Hall–Kier alpha value is -1.63. The van der Waals surface area contributed by atoms with E-state index in [0.717, 1.165) is 0 Å². The zero-order chi connectivity index (χ0) is 16.3. The Balaban J connectivity index is 3.18. The van der Waals surface area contributed by atoms with Crippen LogP contribution in [-0.2, 0) is 4.79 Å². The Bertz CT molecular complexity index is 501. The quantitative estimate of drug-likeness (QED) is 0.648. The van der Waals surface area contributed by atoms with Gasteiger partial charge >= 0.3 is 6.18 Å². The van der Waals surface area contributed by atoms with Crippen LogP contribution in [0.2, 0.25) is 0 Å². The fourth-order valence-corrected chi connectivity index (χ4v) is 2.08. The molecule has 0 aliphatic heterocycles. The standard InChI is InChI=1S/C14H16F4O3/c1-3-9(7-13(20,8-19)14(16,17)18)10-5-4-6-11(21-2)12(10)15/h4-6,8-9,20H,3,7H2,1-2H3. The molecule has 1 aromatic rings. The topological polar surface area (TPSA) is 46.5 Å². The largest absolute Gasteiger partial charge is 0.494 e. The molecule has 0 spiro atoms. The van der Waals surface area contributed by atoms with Crippen molar-refractivity contribution in [3.8, 4) is 5.75 Å². The third-order valence-corrected chi connectivity index (χ3v) is 3.39. The molecule has 21 heavy (non-hydrogen) atoms. The van der Waals surface area contributed by atoms with Gasteiger partial charge < -0.3 is 9.84 Å². The molecule has 0 saturated heterocycles. The van der Waals surface area contributed by atoms with Crippen LogP contribution in [0.3, 0.4) is 0 Å². The van der Waals surface area contributed by atoms with E-state index in [0.29, 0.717) is 0 Å². The number of hydrogen-bond donors (Lipinski definition) is 1. The number of aldehydes is 1. The summed E-state index contributed by atoms with van der Waals surface area (Å²) in [5.74, 6) is -1.87. The van der Waals surface area contributed by atoms with Gasteiger partial charge in [0, 0.05) is 0 Å². The summed E-state index contributed by atoms with van der Waals surface area (Å²) in [5, 5.41) is 9.49. The SMILES string of the molecule is CCC(CC(O)(C=O)C(F)(F)F)c1cccc(OC)c1F. The van der Waals surface area contributed by atoms with Crippen molar-refractivity contribution in [1.82, 2.24) is 0 Å². The van der Waals surface area contributed by atoms with E-state index < -0.39 is 36.2 Å². The maximum atomic E-state index is 14.1. The minimum atomic E-state index is -5.11. The van der Waals surface area contributed by atoms with Gasteiger partial charge in [0.15, 0.2) is 17.9 Å². The van der Waals surface area contributed by atoms with Gasteiger partial charge in [0.1, 0.15) is 0 Å². The summed E-state index contributed by atoms with van der Waals surface area (Å²) in [5.41, 5.74) is -3.52. The van der Waals surface area contributed by atoms with E-state index in [9.17, 15) is 27.5 Å². The summed E-state index contributed by atoms with van der Waals surface area (Å²) in [6.07, 6.45) is -6.48. The molecule has 0 radical (unpaired) electrons. The van der Waals surface area contributed by atoms with Crippen molar-refractivity contribution in [3.05, 3.63) is 29.6 Å². The number of aliphatic hydroxyl groups is 1. The normalized spacial score (nSPS) is 16.1. The average Bonchev–Trinajstić information content (AvgIpc) is 2.44. The average molecular weight is 308 g/mol. The summed E-state index contributed by atoms with van der Waals surface area (Å²) in [7, 11) is 1.24.